The minimum atomic E-state index is 0.293. The molecule has 0 amide bonds. The first-order valence-corrected chi connectivity index (χ1v) is 4.31. The number of nitrogens with zero attached hydrogens (tertiary/aromatic N) is 1. The van der Waals surface area contributed by atoms with Crippen molar-refractivity contribution in [2.24, 2.45) is 5.84 Å². The molecule has 0 aliphatic rings. The number of pyridine rings is 1. The van der Waals surface area contributed by atoms with E-state index < -0.39 is 0 Å². The van der Waals surface area contributed by atoms with Gasteiger partial charge in [0.25, 0.3) is 0 Å². The summed E-state index contributed by atoms with van der Waals surface area (Å²) in [5.41, 5.74) is 2.44. The lowest BCUT2D eigenvalue weighted by Gasteiger charge is -2.07. The van der Waals surface area contributed by atoms with E-state index >= 15 is 0 Å². The molecule has 2 aromatic rings. The molecule has 0 atom stereocenters. The van der Waals surface area contributed by atoms with Crippen LogP contribution in [-0.4, -0.2) is 11.7 Å². The molecule has 1 heterocycles. The Balaban J connectivity index is 2.43. The molecule has 0 unspecified atom stereocenters. The van der Waals surface area contributed by atoms with Gasteiger partial charge in [0.2, 0.25) is 0 Å². The molecule has 3 N–H and O–H groups in total. The van der Waals surface area contributed by atoms with Crippen LogP contribution >= 0.6 is 0 Å². The van der Waals surface area contributed by atoms with Crippen LogP contribution in [0.4, 0.5) is 0 Å². The number of nitrogens with one attached hydrogen (secondary N) is 1. The third-order valence-corrected chi connectivity index (χ3v) is 1.95. The average Bonchev–Trinajstić information content (AvgIpc) is 2.26. The van der Waals surface area contributed by atoms with Crippen LogP contribution in [0.2, 0.25) is 0 Å². The van der Waals surface area contributed by atoms with Gasteiger partial charge in [0.15, 0.2) is 6.73 Å². The lowest BCUT2D eigenvalue weighted by molar-refractivity contribution is 0.289. The lowest BCUT2D eigenvalue weighted by Crippen LogP contribution is -2.26. The summed E-state index contributed by atoms with van der Waals surface area (Å²) in [4.78, 5) is 4.04. The highest BCUT2D eigenvalue weighted by Crippen LogP contribution is 2.23. The molecular weight excluding hydrogens is 178 g/mol. The summed E-state index contributed by atoms with van der Waals surface area (Å²) in [7, 11) is 0. The molecule has 0 saturated heterocycles. The highest BCUT2D eigenvalue weighted by atomic mass is 16.5. The van der Waals surface area contributed by atoms with Crippen molar-refractivity contribution in [3.05, 3.63) is 36.7 Å². The SMILES string of the molecule is NNCOc1cccc2cnccc12. The molecule has 0 spiro atoms. The quantitative estimate of drug-likeness (QED) is 0.430. The van der Waals surface area contributed by atoms with Crippen molar-refractivity contribution in [1.29, 1.82) is 0 Å². The van der Waals surface area contributed by atoms with E-state index in [2.05, 4.69) is 10.4 Å². The number of hydrogen-bond acceptors (Lipinski definition) is 4. The van der Waals surface area contributed by atoms with E-state index in [0.29, 0.717) is 6.73 Å². The maximum absolute atomic E-state index is 5.40. The monoisotopic (exact) mass is 189 g/mol. The summed E-state index contributed by atoms with van der Waals surface area (Å²) in [5.74, 6) is 5.94. The maximum Gasteiger partial charge on any atom is 0.151 e. The fourth-order valence-electron chi connectivity index (χ4n) is 1.34. The van der Waals surface area contributed by atoms with E-state index in [1.807, 2.05) is 24.3 Å². The van der Waals surface area contributed by atoms with Gasteiger partial charge >= 0.3 is 0 Å². The molecule has 0 bridgehead atoms. The standard InChI is InChI=1S/C10H11N3O/c11-13-7-14-10-3-1-2-8-6-12-5-4-9(8)10/h1-6,13H,7,11H2. The van der Waals surface area contributed by atoms with Crippen LogP contribution in [-0.2, 0) is 0 Å². The van der Waals surface area contributed by atoms with E-state index in [4.69, 9.17) is 10.6 Å². The van der Waals surface area contributed by atoms with Gasteiger partial charge in [0.1, 0.15) is 5.75 Å². The second kappa shape index (κ2) is 4.04. The first-order chi connectivity index (χ1) is 6.92. The first kappa shape index (κ1) is 8.93. The second-order valence-electron chi connectivity index (χ2n) is 2.85. The summed E-state index contributed by atoms with van der Waals surface area (Å²) in [5, 5.41) is 2.10. The van der Waals surface area contributed by atoms with Gasteiger partial charge in [-0.05, 0) is 12.1 Å². The van der Waals surface area contributed by atoms with E-state index in [1.54, 1.807) is 12.4 Å². The average molecular weight is 189 g/mol. The Hall–Kier alpha value is -1.65. The predicted molar refractivity (Wildman–Crippen MR) is 54.6 cm³/mol. The topological polar surface area (TPSA) is 60.2 Å². The van der Waals surface area contributed by atoms with Crippen molar-refractivity contribution in [3.63, 3.8) is 0 Å². The molecule has 0 saturated carbocycles. The Morgan fingerprint density at radius 2 is 2.29 bits per heavy atom. The van der Waals surface area contributed by atoms with Gasteiger partial charge in [-0.1, -0.05) is 12.1 Å². The van der Waals surface area contributed by atoms with Crippen LogP contribution in [0.1, 0.15) is 0 Å². The molecule has 0 fully saturated rings. The van der Waals surface area contributed by atoms with Gasteiger partial charge in [-0.3, -0.25) is 10.8 Å². The van der Waals surface area contributed by atoms with Crippen molar-refractivity contribution in [2.75, 3.05) is 6.73 Å². The van der Waals surface area contributed by atoms with E-state index in [9.17, 15) is 0 Å². The number of rotatable bonds is 3. The summed E-state index contributed by atoms with van der Waals surface area (Å²) >= 11 is 0. The van der Waals surface area contributed by atoms with Crippen LogP contribution in [0.15, 0.2) is 36.7 Å². The summed E-state index contributed by atoms with van der Waals surface area (Å²) in [6.45, 7) is 0.293. The molecule has 2 rings (SSSR count). The molecular formula is C10H11N3O. The largest absolute Gasteiger partial charge is 0.476 e. The van der Waals surface area contributed by atoms with E-state index in [-0.39, 0.29) is 0 Å². The summed E-state index contributed by atoms with van der Waals surface area (Å²) < 4.78 is 5.40. The van der Waals surface area contributed by atoms with Crippen LogP contribution in [0.25, 0.3) is 10.8 Å². The molecule has 1 aromatic heterocycles. The fraction of sp³-hybridized carbons (Fsp3) is 0.100. The fourth-order valence-corrected chi connectivity index (χ4v) is 1.34. The number of nitrogens with two attached hydrogens (primary N) is 1. The Morgan fingerprint density at radius 3 is 3.14 bits per heavy atom. The number of aromatic nitrogens is 1. The Morgan fingerprint density at radius 1 is 1.36 bits per heavy atom. The molecule has 1 aromatic carbocycles. The molecule has 4 nitrogen and oxygen atoms in total. The zero-order chi connectivity index (χ0) is 9.80. The van der Waals surface area contributed by atoms with Gasteiger partial charge in [-0.15, -0.1) is 0 Å². The van der Waals surface area contributed by atoms with Gasteiger partial charge in [0, 0.05) is 23.2 Å². The number of fused-ring (bicyclic) bond motifs is 1. The van der Waals surface area contributed by atoms with Crippen LogP contribution in [0, 0.1) is 0 Å². The zero-order valence-corrected chi connectivity index (χ0v) is 7.60. The van der Waals surface area contributed by atoms with Gasteiger partial charge < -0.3 is 4.74 Å². The summed E-state index contributed by atoms with van der Waals surface area (Å²) in [6, 6.07) is 7.74. The minimum Gasteiger partial charge on any atom is -0.476 e. The van der Waals surface area contributed by atoms with Gasteiger partial charge in [0.05, 0.1) is 0 Å². The first-order valence-electron chi connectivity index (χ1n) is 4.31. The highest BCUT2D eigenvalue weighted by Gasteiger charge is 1.99. The summed E-state index contributed by atoms with van der Waals surface area (Å²) in [6.07, 6.45) is 3.54. The third kappa shape index (κ3) is 1.66. The molecule has 14 heavy (non-hydrogen) atoms. The van der Waals surface area contributed by atoms with E-state index in [1.165, 1.54) is 0 Å². The van der Waals surface area contributed by atoms with Crippen LogP contribution in [0.5, 0.6) is 5.75 Å². The molecule has 72 valence electrons. The highest BCUT2D eigenvalue weighted by molar-refractivity contribution is 5.87. The zero-order valence-electron chi connectivity index (χ0n) is 7.60. The molecule has 0 radical (unpaired) electrons. The van der Waals surface area contributed by atoms with Gasteiger partial charge in [-0.25, -0.2) is 5.43 Å². The number of benzene rings is 1. The smallest absolute Gasteiger partial charge is 0.151 e. The van der Waals surface area contributed by atoms with Crippen molar-refractivity contribution < 1.29 is 4.74 Å². The number of hydrogen-bond donors (Lipinski definition) is 2. The Kier molecular flexibility index (Phi) is 2.58. The molecule has 0 aliphatic heterocycles. The molecule has 0 aliphatic carbocycles. The lowest BCUT2D eigenvalue weighted by atomic mass is 10.1. The van der Waals surface area contributed by atoms with Crippen molar-refractivity contribution in [3.8, 4) is 5.75 Å². The van der Waals surface area contributed by atoms with Crippen LogP contribution < -0.4 is 16.0 Å². The second-order valence-corrected chi connectivity index (χ2v) is 2.85. The normalized spacial score (nSPS) is 10.4. The van der Waals surface area contributed by atoms with E-state index in [0.717, 1.165) is 16.5 Å². The van der Waals surface area contributed by atoms with Gasteiger partial charge in [-0.2, -0.15) is 0 Å². The number of ether oxygens (including phenoxy) is 1. The minimum absolute atomic E-state index is 0.293. The van der Waals surface area contributed by atoms with Crippen molar-refractivity contribution in [2.45, 2.75) is 0 Å². The van der Waals surface area contributed by atoms with Crippen molar-refractivity contribution in [1.82, 2.24) is 10.4 Å². The van der Waals surface area contributed by atoms with Crippen LogP contribution in [0.3, 0.4) is 0 Å². The maximum atomic E-state index is 5.40. The third-order valence-electron chi connectivity index (χ3n) is 1.95. The Labute approximate surface area is 81.7 Å². The molecule has 4 heteroatoms. The Bertz CT molecular complexity index is 425. The predicted octanol–water partition coefficient (Wildman–Crippen LogP) is 1.03. The van der Waals surface area contributed by atoms with Crippen molar-refractivity contribution >= 4 is 10.8 Å². The number of hydrazine groups is 1.